The van der Waals surface area contributed by atoms with Crippen molar-refractivity contribution in [2.45, 2.75) is 38.5 Å². The Labute approximate surface area is 123 Å². The van der Waals surface area contributed by atoms with Gasteiger partial charge in [0.05, 0.1) is 5.69 Å². The molecule has 1 amide bonds. The highest BCUT2D eigenvalue weighted by molar-refractivity contribution is 5.91. The zero-order chi connectivity index (χ0) is 14.8. The second-order valence-corrected chi connectivity index (χ2v) is 5.87. The number of nitrogens with one attached hydrogen (secondary N) is 1. The number of hydrogen-bond donors (Lipinski definition) is 1. The minimum absolute atomic E-state index is 0.0707. The van der Waals surface area contributed by atoms with Gasteiger partial charge in [0.15, 0.2) is 0 Å². The van der Waals surface area contributed by atoms with Crippen LogP contribution in [0.1, 0.15) is 60.5 Å². The average molecular weight is 288 g/mol. The Balaban J connectivity index is 1.71. The predicted octanol–water partition coefficient (Wildman–Crippen LogP) is 2.54. The fraction of sp³-hybridized carbons (Fsp3) is 0.533. The molecule has 6 nitrogen and oxygen atoms in total. The molecule has 1 aliphatic rings. The molecule has 0 saturated carbocycles. The van der Waals surface area contributed by atoms with Gasteiger partial charge in [-0.2, -0.15) is 5.10 Å². The quantitative estimate of drug-likeness (QED) is 0.941. The van der Waals surface area contributed by atoms with Gasteiger partial charge in [0.25, 0.3) is 5.91 Å². The maximum Gasteiger partial charge on any atom is 0.292 e. The zero-order valence-electron chi connectivity index (χ0n) is 12.4. The first-order valence-corrected chi connectivity index (χ1v) is 7.40. The smallest absolute Gasteiger partial charge is 0.292 e. The molecule has 2 aromatic rings. The Kier molecular flexibility index (Phi) is 3.77. The molecule has 0 aromatic carbocycles. The number of H-pyrrole nitrogens is 1. The molecule has 3 rings (SSSR count). The number of amides is 1. The van der Waals surface area contributed by atoms with Crippen molar-refractivity contribution in [2.75, 3.05) is 13.1 Å². The highest BCUT2D eigenvalue weighted by atomic mass is 16.5. The second-order valence-electron chi connectivity index (χ2n) is 5.87. The molecule has 2 aromatic heterocycles. The largest absolute Gasteiger partial charge is 0.351 e. The van der Waals surface area contributed by atoms with Crippen LogP contribution in [-0.2, 0) is 0 Å². The first kappa shape index (κ1) is 13.9. The number of rotatable bonds is 3. The van der Waals surface area contributed by atoms with E-state index in [1.165, 1.54) is 0 Å². The Morgan fingerprint density at radius 1 is 1.52 bits per heavy atom. The molecule has 1 fully saturated rings. The lowest BCUT2D eigenvalue weighted by atomic mass is 9.95. The van der Waals surface area contributed by atoms with Crippen molar-refractivity contribution in [1.82, 2.24) is 20.3 Å². The van der Waals surface area contributed by atoms with Gasteiger partial charge in [-0.05, 0) is 24.8 Å². The molecule has 1 atom stereocenters. The van der Waals surface area contributed by atoms with Gasteiger partial charge in [0.1, 0.15) is 0 Å². The summed E-state index contributed by atoms with van der Waals surface area (Å²) in [5.41, 5.74) is 1.91. The molecular weight excluding hydrogens is 268 g/mol. The summed E-state index contributed by atoms with van der Waals surface area (Å²) in [6.45, 7) is 5.52. The molecule has 0 unspecified atom stereocenters. The van der Waals surface area contributed by atoms with Gasteiger partial charge in [-0.3, -0.25) is 9.89 Å². The maximum atomic E-state index is 12.5. The van der Waals surface area contributed by atoms with Crippen molar-refractivity contribution in [3.05, 3.63) is 35.5 Å². The average Bonchev–Trinajstić information content (AvgIpc) is 3.18. The molecule has 1 N–H and O–H groups in total. The number of hydrogen-bond acceptors (Lipinski definition) is 4. The van der Waals surface area contributed by atoms with Gasteiger partial charge in [-0.15, -0.1) is 0 Å². The van der Waals surface area contributed by atoms with Gasteiger partial charge < -0.3 is 9.42 Å². The van der Waals surface area contributed by atoms with Crippen LogP contribution < -0.4 is 0 Å². The number of aromatic nitrogens is 3. The molecular formula is C15H20N4O2. The van der Waals surface area contributed by atoms with Crippen LogP contribution in [0.3, 0.4) is 0 Å². The Morgan fingerprint density at radius 3 is 3.05 bits per heavy atom. The highest BCUT2D eigenvalue weighted by Gasteiger charge is 2.28. The molecule has 21 heavy (non-hydrogen) atoms. The summed E-state index contributed by atoms with van der Waals surface area (Å²) in [6, 6.07) is 3.73. The third-order valence-electron chi connectivity index (χ3n) is 4.00. The number of piperidine rings is 1. The lowest BCUT2D eigenvalue weighted by Crippen LogP contribution is -2.39. The van der Waals surface area contributed by atoms with Crippen molar-refractivity contribution in [3.8, 4) is 0 Å². The number of carbonyl (C=O) groups excluding carboxylic acids is 1. The molecule has 0 aliphatic carbocycles. The van der Waals surface area contributed by atoms with Crippen LogP contribution in [0.2, 0.25) is 0 Å². The molecule has 1 saturated heterocycles. The fourth-order valence-electron chi connectivity index (χ4n) is 2.73. The summed E-state index contributed by atoms with van der Waals surface area (Å²) < 4.78 is 5.21. The number of aromatic amines is 1. The highest BCUT2D eigenvalue weighted by Crippen LogP contribution is 2.26. The fourth-order valence-corrected chi connectivity index (χ4v) is 2.73. The van der Waals surface area contributed by atoms with Gasteiger partial charge >= 0.3 is 0 Å². The van der Waals surface area contributed by atoms with Gasteiger partial charge in [-0.1, -0.05) is 19.0 Å². The van der Waals surface area contributed by atoms with Gasteiger partial charge in [0, 0.05) is 37.0 Å². The Bertz CT molecular complexity index is 603. The third kappa shape index (κ3) is 2.84. The summed E-state index contributed by atoms with van der Waals surface area (Å²) in [5, 5.41) is 11.0. The standard InChI is InChI=1S/C15H20N4O2/c1-10(2)13-8-14(21-18-13)15(20)19-7-3-4-11(9-19)12-5-6-16-17-12/h5-6,8,10-11H,3-4,7,9H2,1-2H3,(H,16,17)/t11-/m1/s1. The van der Waals surface area contributed by atoms with Crippen LogP contribution in [0, 0.1) is 0 Å². The van der Waals surface area contributed by atoms with E-state index in [0.717, 1.165) is 30.8 Å². The molecule has 6 heteroatoms. The van der Waals surface area contributed by atoms with Crippen LogP contribution in [0.25, 0.3) is 0 Å². The second kappa shape index (κ2) is 5.71. The lowest BCUT2D eigenvalue weighted by Gasteiger charge is -2.31. The van der Waals surface area contributed by atoms with E-state index in [2.05, 4.69) is 15.4 Å². The van der Waals surface area contributed by atoms with E-state index < -0.39 is 0 Å². The topological polar surface area (TPSA) is 75.0 Å². The SMILES string of the molecule is CC(C)c1cc(C(=O)N2CCC[C@@H](c3ccn[nH]3)C2)on1. The van der Waals surface area contributed by atoms with Gasteiger partial charge in [0.2, 0.25) is 5.76 Å². The van der Waals surface area contributed by atoms with E-state index in [-0.39, 0.29) is 11.8 Å². The van der Waals surface area contributed by atoms with Crippen LogP contribution in [0.5, 0.6) is 0 Å². The molecule has 0 bridgehead atoms. The summed E-state index contributed by atoms with van der Waals surface area (Å²) in [7, 11) is 0. The summed E-state index contributed by atoms with van der Waals surface area (Å²) >= 11 is 0. The number of carbonyl (C=O) groups is 1. The summed E-state index contributed by atoms with van der Waals surface area (Å²) in [4.78, 5) is 14.4. The monoisotopic (exact) mass is 288 g/mol. The van der Waals surface area contributed by atoms with Crippen LogP contribution in [-0.4, -0.2) is 39.3 Å². The predicted molar refractivity (Wildman–Crippen MR) is 77.1 cm³/mol. The summed E-state index contributed by atoms with van der Waals surface area (Å²) in [5.74, 6) is 0.842. The van der Waals surface area contributed by atoms with E-state index in [1.807, 2.05) is 24.8 Å². The minimum Gasteiger partial charge on any atom is -0.351 e. The molecule has 0 spiro atoms. The minimum atomic E-state index is -0.0707. The van der Waals surface area contributed by atoms with Crippen LogP contribution >= 0.6 is 0 Å². The van der Waals surface area contributed by atoms with E-state index in [9.17, 15) is 4.79 Å². The third-order valence-corrected chi connectivity index (χ3v) is 4.00. The maximum absolute atomic E-state index is 12.5. The van der Waals surface area contributed by atoms with Crippen molar-refractivity contribution in [1.29, 1.82) is 0 Å². The first-order chi connectivity index (χ1) is 10.1. The molecule has 112 valence electrons. The number of nitrogens with zero attached hydrogens (tertiary/aromatic N) is 3. The lowest BCUT2D eigenvalue weighted by molar-refractivity contribution is 0.0663. The zero-order valence-corrected chi connectivity index (χ0v) is 12.4. The van der Waals surface area contributed by atoms with E-state index in [4.69, 9.17) is 4.52 Å². The van der Waals surface area contributed by atoms with Crippen molar-refractivity contribution in [2.24, 2.45) is 0 Å². The van der Waals surface area contributed by atoms with Gasteiger partial charge in [-0.25, -0.2) is 0 Å². The van der Waals surface area contributed by atoms with Crippen molar-refractivity contribution < 1.29 is 9.32 Å². The molecule has 3 heterocycles. The van der Waals surface area contributed by atoms with Crippen molar-refractivity contribution >= 4 is 5.91 Å². The van der Waals surface area contributed by atoms with E-state index >= 15 is 0 Å². The van der Waals surface area contributed by atoms with E-state index in [1.54, 1.807) is 12.3 Å². The van der Waals surface area contributed by atoms with Crippen LogP contribution in [0.15, 0.2) is 22.9 Å². The van der Waals surface area contributed by atoms with E-state index in [0.29, 0.717) is 18.2 Å². The first-order valence-electron chi connectivity index (χ1n) is 7.40. The normalized spacial score (nSPS) is 19.2. The van der Waals surface area contributed by atoms with Crippen LogP contribution in [0.4, 0.5) is 0 Å². The molecule has 0 radical (unpaired) electrons. The number of likely N-dealkylation sites (tertiary alicyclic amines) is 1. The van der Waals surface area contributed by atoms with Crippen molar-refractivity contribution in [3.63, 3.8) is 0 Å². The summed E-state index contributed by atoms with van der Waals surface area (Å²) in [6.07, 6.45) is 3.81. The Morgan fingerprint density at radius 2 is 2.38 bits per heavy atom. The molecule has 1 aliphatic heterocycles. The Hall–Kier alpha value is -2.11.